The molecule has 6 nitrogen and oxygen atoms in total. The van der Waals surface area contributed by atoms with Crippen molar-refractivity contribution in [2.24, 2.45) is 5.73 Å². The number of rotatable bonds is 3. The fraction of sp³-hybridized carbons (Fsp3) is 0.0769. The summed E-state index contributed by atoms with van der Waals surface area (Å²) >= 11 is 3.33. The molecule has 0 atom stereocenters. The molecular weight excluding hydrogens is 324 g/mol. The number of amides is 2. The van der Waals surface area contributed by atoms with E-state index in [1.165, 1.54) is 18.3 Å². The molecule has 0 saturated carbocycles. The zero-order valence-corrected chi connectivity index (χ0v) is 12.1. The molecule has 0 aliphatic heterocycles. The maximum atomic E-state index is 11.9. The number of carbonyl (C=O) groups is 2. The van der Waals surface area contributed by atoms with Crippen LogP contribution in [-0.4, -0.2) is 21.8 Å². The van der Waals surface area contributed by atoms with Gasteiger partial charge >= 0.3 is 0 Å². The minimum atomic E-state index is -0.588. The van der Waals surface area contributed by atoms with Gasteiger partial charge in [-0.05, 0) is 47.1 Å². The summed E-state index contributed by atoms with van der Waals surface area (Å²) in [5.74, 6) is -0.568. The molecule has 2 rings (SSSR count). The number of nitrogens with zero attached hydrogens (tertiary/aromatic N) is 2. The van der Waals surface area contributed by atoms with E-state index >= 15 is 0 Å². The summed E-state index contributed by atoms with van der Waals surface area (Å²) in [6, 6.07) is 6.35. The van der Waals surface area contributed by atoms with Gasteiger partial charge in [0, 0.05) is 10.7 Å². The third-order valence-electron chi connectivity index (χ3n) is 2.54. The highest BCUT2D eigenvalue weighted by Crippen LogP contribution is 2.16. The van der Waals surface area contributed by atoms with Crippen molar-refractivity contribution in [1.82, 2.24) is 9.97 Å². The van der Waals surface area contributed by atoms with Crippen LogP contribution in [-0.2, 0) is 0 Å². The van der Waals surface area contributed by atoms with Crippen molar-refractivity contribution in [3.8, 4) is 0 Å². The Morgan fingerprint density at radius 1 is 1.25 bits per heavy atom. The van der Waals surface area contributed by atoms with E-state index in [4.69, 9.17) is 5.73 Å². The van der Waals surface area contributed by atoms with Crippen LogP contribution in [0.2, 0.25) is 0 Å². The molecule has 0 bridgehead atoms. The van der Waals surface area contributed by atoms with Crippen molar-refractivity contribution in [2.45, 2.75) is 6.92 Å². The van der Waals surface area contributed by atoms with Gasteiger partial charge in [-0.1, -0.05) is 0 Å². The summed E-state index contributed by atoms with van der Waals surface area (Å²) in [6.07, 6.45) is 1.26. The van der Waals surface area contributed by atoms with E-state index < -0.39 is 11.8 Å². The second-order valence-electron chi connectivity index (χ2n) is 4.01. The Labute approximate surface area is 123 Å². The molecule has 2 heterocycles. The standard InChI is InChI=1S/C13H11BrN4O2/c1-7-9(14)3-5-11(17-7)18-13(20)10-4-2-8(6-16-10)12(15)19/h2-6H,1H3,(H2,15,19)(H,17,18,20). The Kier molecular flexibility index (Phi) is 4.09. The van der Waals surface area contributed by atoms with E-state index in [1.54, 1.807) is 12.1 Å². The molecule has 0 saturated heterocycles. The van der Waals surface area contributed by atoms with Crippen molar-refractivity contribution in [2.75, 3.05) is 5.32 Å². The van der Waals surface area contributed by atoms with E-state index in [2.05, 4.69) is 31.2 Å². The van der Waals surface area contributed by atoms with E-state index in [1.807, 2.05) is 6.92 Å². The Bertz CT molecular complexity index is 671. The van der Waals surface area contributed by atoms with Crippen LogP contribution >= 0.6 is 15.9 Å². The lowest BCUT2D eigenvalue weighted by molar-refractivity contribution is 0.0993. The number of anilines is 1. The van der Waals surface area contributed by atoms with Crippen molar-refractivity contribution in [1.29, 1.82) is 0 Å². The summed E-state index contributed by atoms with van der Waals surface area (Å²) in [6.45, 7) is 1.82. The highest BCUT2D eigenvalue weighted by molar-refractivity contribution is 9.10. The molecule has 0 unspecified atom stereocenters. The number of hydrogen-bond acceptors (Lipinski definition) is 4. The predicted molar refractivity (Wildman–Crippen MR) is 77.4 cm³/mol. The number of pyridine rings is 2. The van der Waals surface area contributed by atoms with Gasteiger partial charge < -0.3 is 11.1 Å². The number of aryl methyl sites for hydroxylation is 1. The van der Waals surface area contributed by atoms with E-state index in [9.17, 15) is 9.59 Å². The average Bonchev–Trinajstić information content (AvgIpc) is 2.43. The second kappa shape index (κ2) is 5.79. The molecule has 0 spiro atoms. The number of nitrogens with two attached hydrogens (primary N) is 1. The lowest BCUT2D eigenvalue weighted by Crippen LogP contribution is -2.16. The smallest absolute Gasteiger partial charge is 0.275 e. The largest absolute Gasteiger partial charge is 0.366 e. The minimum absolute atomic E-state index is 0.178. The predicted octanol–water partition coefficient (Wildman–Crippen LogP) is 1.90. The maximum absolute atomic E-state index is 11.9. The first-order valence-corrected chi connectivity index (χ1v) is 6.47. The molecule has 7 heteroatoms. The van der Waals surface area contributed by atoms with Crippen LogP contribution in [0.3, 0.4) is 0 Å². The van der Waals surface area contributed by atoms with Crippen molar-refractivity contribution in [3.05, 3.63) is 51.9 Å². The van der Waals surface area contributed by atoms with Crippen molar-refractivity contribution < 1.29 is 9.59 Å². The monoisotopic (exact) mass is 334 g/mol. The molecule has 3 N–H and O–H groups in total. The van der Waals surface area contributed by atoms with Gasteiger partial charge in [-0.15, -0.1) is 0 Å². The number of carbonyl (C=O) groups excluding carboxylic acids is 2. The Morgan fingerprint density at radius 2 is 2.00 bits per heavy atom. The number of aromatic nitrogens is 2. The second-order valence-corrected chi connectivity index (χ2v) is 4.87. The molecule has 0 aromatic carbocycles. The van der Waals surface area contributed by atoms with Crippen LogP contribution in [0.1, 0.15) is 26.5 Å². The summed E-state index contributed by atoms with van der Waals surface area (Å²) in [4.78, 5) is 30.9. The molecule has 0 aliphatic carbocycles. The quantitative estimate of drug-likeness (QED) is 0.895. The summed E-state index contributed by atoms with van der Waals surface area (Å²) < 4.78 is 0.861. The number of primary amides is 1. The van der Waals surface area contributed by atoms with Crippen LogP contribution in [0.4, 0.5) is 5.82 Å². The summed E-state index contributed by atoms with van der Waals surface area (Å²) in [5.41, 5.74) is 6.29. The highest BCUT2D eigenvalue weighted by Gasteiger charge is 2.10. The average molecular weight is 335 g/mol. The van der Waals surface area contributed by atoms with Crippen LogP contribution in [0, 0.1) is 6.92 Å². The molecule has 0 fully saturated rings. The first kappa shape index (κ1) is 14.1. The topological polar surface area (TPSA) is 98.0 Å². The molecule has 102 valence electrons. The van der Waals surface area contributed by atoms with Crippen LogP contribution in [0.15, 0.2) is 34.9 Å². The summed E-state index contributed by atoms with van der Waals surface area (Å²) in [5, 5.41) is 2.63. The maximum Gasteiger partial charge on any atom is 0.275 e. The first-order valence-electron chi connectivity index (χ1n) is 5.67. The molecular formula is C13H11BrN4O2. The van der Waals surface area contributed by atoms with E-state index in [-0.39, 0.29) is 11.3 Å². The van der Waals surface area contributed by atoms with Gasteiger partial charge in [-0.2, -0.15) is 0 Å². The minimum Gasteiger partial charge on any atom is -0.366 e. The third-order valence-corrected chi connectivity index (χ3v) is 3.38. The zero-order valence-electron chi connectivity index (χ0n) is 10.6. The third kappa shape index (κ3) is 3.18. The Balaban J connectivity index is 2.15. The number of halogens is 1. The van der Waals surface area contributed by atoms with Gasteiger partial charge in [0.15, 0.2) is 0 Å². The molecule has 0 aliphatic rings. The van der Waals surface area contributed by atoms with Crippen LogP contribution in [0.25, 0.3) is 0 Å². The molecule has 2 amide bonds. The summed E-state index contributed by atoms with van der Waals surface area (Å²) in [7, 11) is 0. The molecule has 0 radical (unpaired) electrons. The highest BCUT2D eigenvalue weighted by atomic mass is 79.9. The fourth-order valence-corrected chi connectivity index (χ4v) is 1.69. The van der Waals surface area contributed by atoms with Gasteiger partial charge in [0.05, 0.1) is 11.3 Å². The zero-order chi connectivity index (χ0) is 14.7. The van der Waals surface area contributed by atoms with Crippen LogP contribution < -0.4 is 11.1 Å². The Hall–Kier alpha value is -2.28. The van der Waals surface area contributed by atoms with Gasteiger partial charge in [-0.25, -0.2) is 4.98 Å². The Morgan fingerprint density at radius 3 is 2.55 bits per heavy atom. The number of nitrogens with one attached hydrogen (secondary N) is 1. The normalized spacial score (nSPS) is 10.1. The van der Waals surface area contributed by atoms with Gasteiger partial charge in [0.25, 0.3) is 5.91 Å². The number of hydrogen-bond donors (Lipinski definition) is 2. The van der Waals surface area contributed by atoms with Crippen molar-refractivity contribution in [3.63, 3.8) is 0 Å². The molecule has 2 aromatic rings. The lowest BCUT2D eigenvalue weighted by atomic mass is 10.2. The van der Waals surface area contributed by atoms with E-state index in [0.29, 0.717) is 5.82 Å². The molecule has 2 aromatic heterocycles. The van der Waals surface area contributed by atoms with E-state index in [0.717, 1.165) is 10.2 Å². The fourth-order valence-electron chi connectivity index (χ4n) is 1.47. The van der Waals surface area contributed by atoms with Gasteiger partial charge in [0.1, 0.15) is 11.5 Å². The first-order chi connectivity index (χ1) is 9.47. The SMILES string of the molecule is Cc1nc(NC(=O)c2ccc(C(N)=O)cn2)ccc1Br. The lowest BCUT2D eigenvalue weighted by Gasteiger charge is -2.06. The van der Waals surface area contributed by atoms with Gasteiger partial charge in [0.2, 0.25) is 5.91 Å². The molecule has 20 heavy (non-hydrogen) atoms. The van der Waals surface area contributed by atoms with Crippen LogP contribution in [0.5, 0.6) is 0 Å². The van der Waals surface area contributed by atoms with Crippen molar-refractivity contribution >= 4 is 33.6 Å². The van der Waals surface area contributed by atoms with Gasteiger partial charge in [-0.3, -0.25) is 14.6 Å².